The van der Waals surface area contributed by atoms with Crippen molar-refractivity contribution < 1.29 is 14.3 Å². The van der Waals surface area contributed by atoms with Gasteiger partial charge in [0.15, 0.2) is 11.5 Å². The summed E-state index contributed by atoms with van der Waals surface area (Å²) >= 11 is 9.76. The van der Waals surface area contributed by atoms with E-state index in [9.17, 15) is 10.1 Å². The maximum Gasteiger partial charge on any atom is 0.266 e. The SMILES string of the molecule is CCOc1cc(/C=C(/C#N)C(=O)Nc2ccc(N(C)C)cc2)cc(Br)c1OCc1ccccc1Cl. The highest BCUT2D eigenvalue weighted by atomic mass is 79.9. The molecule has 0 spiro atoms. The zero-order valence-corrected chi connectivity index (χ0v) is 22.0. The number of carbonyl (C=O) groups excluding carboxylic acids is 1. The lowest BCUT2D eigenvalue weighted by molar-refractivity contribution is -0.112. The standard InChI is InChI=1S/C27H25BrClN3O3/c1-4-34-25-15-18(14-23(28)26(25)35-17-19-7-5-6-8-24(19)29)13-20(16-30)27(33)31-21-9-11-22(12-10-21)32(2)3/h5-15H,4,17H2,1-3H3,(H,31,33)/b20-13-. The number of rotatable bonds is 9. The molecule has 0 aliphatic rings. The molecule has 0 saturated carbocycles. The first kappa shape index (κ1) is 26.1. The van der Waals surface area contributed by atoms with Crippen LogP contribution in [0.1, 0.15) is 18.1 Å². The molecule has 0 radical (unpaired) electrons. The molecule has 3 rings (SSSR count). The molecular formula is C27H25BrClN3O3. The highest BCUT2D eigenvalue weighted by Gasteiger charge is 2.15. The first-order valence-electron chi connectivity index (χ1n) is 10.9. The number of hydrogen-bond donors (Lipinski definition) is 1. The Labute approximate surface area is 218 Å². The van der Waals surface area contributed by atoms with Crippen LogP contribution in [0.3, 0.4) is 0 Å². The number of nitriles is 1. The lowest BCUT2D eigenvalue weighted by Crippen LogP contribution is -2.14. The highest BCUT2D eigenvalue weighted by Crippen LogP contribution is 2.38. The summed E-state index contributed by atoms with van der Waals surface area (Å²) in [6.45, 7) is 2.53. The molecule has 8 heteroatoms. The topological polar surface area (TPSA) is 74.6 Å². The van der Waals surface area contributed by atoms with Crippen LogP contribution in [0.5, 0.6) is 11.5 Å². The summed E-state index contributed by atoms with van der Waals surface area (Å²) in [6.07, 6.45) is 1.51. The Balaban J connectivity index is 1.82. The van der Waals surface area contributed by atoms with E-state index in [0.717, 1.165) is 11.3 Å². The van der Waals surface area contributed by atoms with Gasteiger partial charge in [0.05, 0.1) is 11.1 Å². The van der Waals surface area contributed by atoms with Gasteiger partial charge in [-0.15, -0.1) is 0 Å². The number of nitrogens with zero attached hydrogens (tertiary/aromatic N) is 2. The van der Waals surface area contributed by atoms with E-state index in [0.29, 0.717) is 38.9 Å². The minimum absolute atomic E-state index is 0.0410. The van der Waals surface area contributed by atoms with E-state index in [1.54, 1.807) is 30.3 Å². The predicted octanol–water partition coefficient (Wildman–Crippen LogP) is 6.69. The second-order valence-corrected chi connectivity index (χ2v) is 8.97. The van der Waals surface area contributed by atoms with Gasteiger partial charge >= 0.3 is 0 Å². The summed E-state index contributed by atoms with van der Waals surface area (Å²) in [7, 11) is 3.87. The van der Waals surface area contributed by atoms with Gasteiger partial charge in [-0.25, -0.2) is 0 Å². The Morgan fingerprint density at radius 1 is 1.14 bits per heavy atom. The van der Waals surface area contributed by atoms with Gasteiger partial charge in [0.2, 0.25) is 0 Å². The molecule has 0 saturated heterocycles. The molecule has 0 bridgehead atoms. The van der Waals surface area contributed by atoms with E-state index >= 15 is 0 Å². The van der Waals surface area contributed by atoms with Crippen LogP contribution < -0.4 is 19.7 Å². The minimum atomic E-state index is -0.502. The van der Waals surface area contributed by atoms with Crippen molar-refractivity contribution in [3.8, 4) is 17.6 Å². The van der Waals surface area contributed by atoms with E-state index in [-0.39, 0.29) is 12.2 Å². The summed E-state index contributed by atoms with van der Waals surface area (Å²) in [4.78, 5) is 14.7. The van der Waals surface area contributed by atoms with Crippen LogP contribution in [-0.2, 0) is 11.4 Å². The van der Waals surface area contributed by atoms with Crippen LogP contribution in [0.4, 0.5) is 11.4 Å². The average molecular weight is 555 g/mol. The first-order chi connectivity index (χ1) is 16.8. The Kier molecular flexibility index (Phi) is 9.18. The predicted molar refractivity (Wildman–Crippen MR) is 144 cm³/mol. The maximum absolute atomic E-state index is 12.7. The molecule has 180 valence electrons. The molecule has 0 atom stereocenters. The average Bonchev–Trinajstić information content (AvgIpc) is 2.83. The van der Waals surface area contributed by atoms with E-state index in [2.05, 4.69) is 21.2 Å². The number of amides is 1. The minimum Gasteiger partial charge on any atom is -0.490 e. The molecule has 0 unspecified atom stereocenters. The second-order valence-electron chi connectivity index (χ2n) is 7.71. The van der Waals surface area contributed by atoms with Gasteiger partial charge in [0.25, 0.3) is 5.91 Å². The third-order valence-electron chi connectivity index (χ3n) is 4.98. The first-order valence-corrected chi connectivity index (χ1v) is 12.0. The van der Waals surface area contributed by atoms with Gasteiger partial charge in [0, 0.05) is 36.1 Å². The van der Waals surface area contributed by atoms with Crippen molar-refractivity contribution in [3.63, 3.8) is 0 Å². The second kappa shape index (κ2) is 12.3. The molecule has 0 fully saturated rings. The van der Waals surface area contributed by atoms with E-state index in [4.69, 9.17) is 21.1 Å². The normalized spacial score (nSPS) is 10.9. The third kappa shape index (κ3) is 7.01. The van der Waals surface area contributed by atoms with Crippen molar-refractivity contribution in [1.82, 2.24) is 0 Å². The molecule has 0 aromatic heterocycles. The summed E-state index contributed by atoms with van der Waals surface area (Å²) in [5.41, 5.74) is 3.01. The summed E-state index contributed by atoms with van der Waals surface area (Å²) in [5, 5.41) is 13.0. The van der Waals surface area contributed by atoms with E-state index < -0.39 is 5.91 Å². The van der Waals surface area contributed by atoms with E-state index in [1.807, 2.05) is 62.3 Å². The molecule has 3 aromatic rings. The number of nitrogens with one attached hydrogen (secondary N) is 1. The number of anilines is 2. The van der Waals surface area contributed by atoms with Crippen LogP contribution in [0, 0.1) is 11.3 Å². The molecule has 0 aliphatic heterocycles. The molecule has 3 aromatic carbocycles. The third-order valence-corrected chi connectivity index (χ3v) is 5.94. The number of benzene rings is 3. The van der Waals surface area contributed by atoms with Crippen molar-refractivity contribution in [3.05, 3.63) is 86.9 Å². The van der Waals surface area contributed by atoms with Gasteiger partial charge in [-0.05, 0) is 77.0 Å². The molecular weight excluding hydrogens is 530 g/mol. The lowest BCUT2D eigenvalue weighted by Gasteiger charge is -2.15. The van der Waals surface area contributed by atoms with Crippen molar-refractivity contribution in [2.75, 3.05) is 30.9 Å². The van der Waals surface area contributed by atoms with Crippen LogP contribution in [0.2, 0.25) is 5.02 Å². The number of ether oxygens (including phenoxy) is 2. The zero-order chi connectivity index (χ0) is 25.4. The van der Waals surface area contributed by atoms with Crippen LogP contribution in [0.25, 0.3) is 6.08 Å². The Bertz CT molecular complexity index is 1270. The van der Waals surface area contributed by atoms with Crippen LogP contribution >= 0.6 is 27.5 Å². The Morgan fingerprint density at radius 3 is 2.49 bits per heavy atom. The molecule has 6 nitrogen and oxygen atoms in total. The monoisotopic (exact) mass is 553 g/mol. The number of halogens is 2. The molecule has 0 heterocycles. The summed E-state index contributed by atoms with van der Waals surface area (Å²) in [5.74, 6) is 0.489. The lowest BCUT2D eigenvalue weighted by atomic mass is 10.1. The van der Waals surface area contributed by atoms with Crippen molar-refractivity contribution in [1.29, 1.82) is 5.26 Å². The molecule has 0 aliphatic carbocycles. The Morgan fingerprint density at radius 2 is 1.86 bits per heavy atom. The van der Waals surface area contributed by atoms with E-state index in [1.165, 1.54) is 6.08 Å². The fourth-order valence-electron chi connectivity index (χ4n) is 3.20. The molecule has 1 amide bonds. The van der Waals surface area contributed by atoms with Crippen molar-refractivity contribution in [2.24, 2.45) is 0 Å². The van der Waals surface area contributed by atoms with Gasteiger partial charge < -0.3 is 19.7 Å². The largest absolute Gasteiger partial charge is 0.490 e. The maximum atomic E-state index is 12.7. The van der Waals surface area contributed by atoms with Gasteiger partial charge in [-0.2, -0.15) is 5.26 Å². The fourth-order valence-corrected chi connectivity index (χ4v) is 3.96. The quantitative estimate of drug-likeness (QED) is 0.236. The highest BCUT2D eigenvalue weighted by molar-refractivity contribution is 9.10. The van der Waals surface area contributed by atoms with Crippen LogP contribution in [0.15, 0.2) is 70.7 Å². The summed E-state index contributed by atoms with van der Waals surface area (Å²) < 4.78 is 12.4. The Hall–Kier alpha value is -3.47. The zero-order valence-electron chi connectivity index (χ0n) is 19.6. The molecule has 35 heavy (non-hydrogen) atoms. The van der Waals surface area contributed by atoms with Crippen LogP contribution in [-0.4, -0.2) is 26.6 Å². The van der Waals surface area contributed by atoms with Gasteiger partial charge in [0.1, 0.15) is 18.2 Å². The fraction of sp³-hybridized carbons (Fsp3) is 0.185. The summed E-state index contributed by atoms with van der Waals surface area (Å²) in [6, 6.07) is 20.3. The van der Waals surface area contributed by atoms with Crippen molar-refractivity contribution in [2.45, 2.75) is 13.5 Å². The number of hydrogen-bond acceptors (Lipinski definition) is 5. The van der Waals surface area contributed by atoms with Gasteiger partial charge in [-0.1, -0.05) is 29.8 Å². The number of carbonyl (C=O) groups is 1. The van der Waals surface area contributed by atoms with Crippen molar-refractivity contribution >= 4 is 50.9 Å². The molecule has 1 N–H and O–H groups in total. The van der Waals surface area contributed by atoms with Gasteiger partial charge in [-0.3, -0.25) is 4.79 Å². The smallest absolute Gasteiger partial charge is 0.266 e.